The summed E-state index contributed by atoms with van der Waals surface area (Å²) in [6.45, 7) is 0.445. The van der Waals surface area contributed by atoms with E-state index in [4.69, 9.17) is 17.3 Å². The predicted octanol–water partition coefficient (Wildman–Crippen LogP) is 3.10. The van der Waals surface area contributed by atoms with Crippen LogP contribution in [0.1, 0.15) is 35.4 Å². The molecule has 1 aliphatic rings. The minimum absolute atomic E-state index is 0.155. The molecule has 0 spiro atoms. The zero-order valence-corrected chi connectivity index (χ0v) is 10.0. The first kappa shape index (κ1) is 11.1. The number of nitrogens with two attached hydrogens (primary N) is 1. The van der Waals surface area contributed by atoms with Crippen molar-refractivity contribution in [1.82, 2.24) is 0 Å². The standard InChI is InChI=1S/C11H14ClNOS/c12-8-3-6-15-9(8)10(14)11(7-13)4-1-2-5-11/h3,6H,1-2,4-5,7,13H2. The van der Waals surface area contributed by atoms with Gasteiger partial charge >= 0.3 is 0 Å². The lowest BCUT2D eigenvalue weighted by Gasteiger charge is -2.24. The van der Waals surface area contributed by atoms with Gasteiger partial charge in [-0.25, -0.2) is 0 Å². The van der Waals surface area contributed by atoms with Gasteiger partial charge in [0.05, 0.1) is 9.90 Å². The minimum atomic E-state index is -0.325. The van der Waals surface area contributed by atoms with Crippen LogP contribution in [0.15, 0.2) is 11.4 Å². The third-order valence-electron chi connectivity index (χ3n) is 3.26. The molecule has 0 atom stereocenters. The third kappa shape index (κ3) is 1.84. The molecule has 2 nitrogen and oxygen atoms in total. The van der Waals surface area contributed by atoms with E-state index in [0.717, 1.165) is 25.7 Å². The Balaban J connectivity index is 2.30. The fraction of sp³-hybridized carbons (Fsp3) is 0.545. The molecule has 0 unspecified atom stereocenters. The highest BCUT2D eigenvalue weighted by Crippen LogP contribution is 2.42. The second kappa shape index (κ2) is 4.24. The van der Waals surface area contributed by atoms with Crippen molar-refractivity contribution in [3.05, 3.63) is 21.3 Å². The van der Waals surface area contributed by atoms with Gasteiger partial charge in [-0.2, -0.15) is 0 Å². The molecule has 0 amide bonds. The second-order valence-corrected chi connectivity index (χ2v) is 5.44. The summed E-state index contributed by atoms with van der Waals surface area (Å²) >= 11 is 7.40. The van der Waals surface area contributed by atoms with Gasteiger partial charge in [-0.3, -0.25) is 4.79 Å². The largest absolute Gasteiger partial charge is 0.329 e. The maximum Gasteiger partial charge on any atom is 0.181 e. The van der Waals surface area contributed by atoms with Crippen LogP contribution in [-0.4, -0.2) is 12.3 Å². The molecule has 2 N–H and O–H groups in total. The third-order valence-corrected chi connectivity index (χ3v) is 4.60. The number of Topliss-reactive ketones (excluding diaryl/α,β-unsaturated/α-hetero) is 1. The lowest BCUT2D eigenvalue weighted by molar-refractivity contribution is 0.0814. The summed E-state index contributed by atoms with van der Waals surface area (Å²) < 4.78 is 0. The highest BCUT2D eigenvalue weighted by molar-refractivity contribution is 7.12. The fourth-order valence-corrected chi connectivity index (χ4v) is 3.47. The number of thiophene rings is 1. The summed E-state index contributed by atoms with van der Waals surface area (Å²) in [6, 6.07) is 1.78. The summed E-state index contributed by atoms with van der Waals surface area (Å²) in [5.41, 5.74) is 5.44. The van der Waals surface area contributed by atoms with Crippen LogP contribution >= 0.6 is 22.9 Å². The number of carbonyl (C=O) groups is 1. The van der Waals surface area contributed by atoms with Crippen LogP contribution in [0.25, 0.3) is 0 Å². The number of hydrogen-bond donors (Lipinski definition) is 1. The Morgan fingerprint density at radius 1 is 1.53 bits per heavy atom. The highest BCUT2D eigenvalue weighted by Gasteiger charge is 2.41. The van der Waals surface area contributed by atoms with Crippen molar-refractivity contribution >= 4 is 28.7 Å². The van der Waals surface area contributed by atoms with Gasteiger partial charge in [0.15, 0.2) is 5.78 Å². The zero-order chi connectivity index (χ0) is 10.9. The van der Waals surface area contributed by atoms with E-state index in [1.165, 1.54) is 11.3 Å². The van der Waals surface area contributed by atoms with Gasteiger partial charge in [-0.15, -0.1) is 11.3 Å². The van der Waals surface area contributed by atoms with Crippen molar-refractivity contribution in [3.8, 4) is 0 Å². The minimum Gasteiger partial charge on any atom is -0.329 e. The molecule has 1 aromatic heterocycles. The van der Waals surface area contributed by atoms with E-state index in [9.17, 15) is 4.79 Å². The fourth-order valence-electron chi connectivity index (χ4n) is 2.27. The van der Waals surface area contributed by atoms with Gasteiger partial charge in [-0.05, 0) is 24.3 Å². The molecule has 4 heteroatoms. The van der Waals surface area contributed by atoms with Crippen molar-refractivity contribution < 1.29 is 4.79 Å². The summed E-state index contributed by atoms with van der Waals surface area (Å²) in [6.07, 6.45) is 4.03. The Labute approximate surface area is 98.4 Å². The van der Waals surface area contributed by atoms with Crippen LogP contribution in [0.5, 0.6) is 0 Å². The first-order chi connectivity index (χ1) is 7.19. The lowest BCUT2D eigenvalue weighted by atomic mass is 9.81. The smallest absolute Gasteiger partial charge is 0.181 e. The molecule has 1 saturated carbocycles. The van der Waals surface area contributed by atoms with Crippen molar-refractivity contribution in [2.75, 3.05) is 6.54 Å². The quantitative estimate of drug-likeness (QED) is 0.829. The monoisotopic (exact) mass is 243 g/mol. The van der Waals surface area contributed by atoms with Gasteiger partial charge in [0.1, 0.15) is 0 Å². The summed E-state index contributed by atoms with van der Waals surface area (Å²) in [7, 11) is 0. The van der Waals surface area contributed by atoms with Gasteiger partial charge < -0.3 is 5.73 Å². The molecule has 1 fully saturated rings. The molecule has 0 radical (unpaired) electrons. The van der Waals surface area contributed by atoms with Crippen molar-refractivity contribution in [2.45, 2.75) is 25.7 Å². The molecule has 2 rings (SSSR count). The summed E-state index contributed by atoms with van der Waals surface area (Å²) in [4.78, 5) is 13.0. The van der Waals surface area contributed by atoms with Gasteiger partial charge in [0.2, 0.25) is 0 Å². The Bertz CT molecular complexity index is 368. The van der Waals surface area contributed by atoms with Crippen molar-refractivity contribution in [1.29, 1.82) is 0 Å². The van der Waals surface area contributed by atoms with Crippen molar-refractivity contribution in [2.24, 2.45) is 11.1 Å². The van der Waals surface area contributed by atoms with Crippen LogP contribution in [0.3, 0.4) is 0 Å². The normalized spacial score (nSPS) is 19.3. The average molecular weight is 244 g/mol. The molecule has 0 aliphatic heterocycles. The van der Waals surface area contributed by atoms with Gasteiger partial charge in [-0.1, -0.05) is 24.4 Å². The number of ketones is 1. The van der Waals surface area contributed by atoms with Crippen molar-refractivity contribution in [3.63, 3.8) is 0 Å². The average Bonchev–Trinajstić information content (AvgIpc) is 2.86. The van der Waals surface area contributed by atoms with Gasteiger partial charge in [0, 0.05) is 12.0 Å². The molecular formula is C11H14ClNOS. The number of rotatable bonds is 3. The molecule has 0 bridgehead atoms. The topological polar surface area (TPSA) is 43.1 Å². The van der Waals surface area contributed by atoms with Gasteiger partial charge in [0.25, 0.3) is 0 Å². The van der Waals surface area contributed by atoms with E-state index in [2.05, 4.69) is 0 Å². The maximum absolute atomic E-state index is 12.3. The van der Waals surface area contributed by atoms with Crippen LogP contribution in [-0.2, 0) is 0 Å². The molecule has 1 heterocycles. The van der Waals surface area contributed by atoms with Crippen LogP contribution in [0.4, 0.5) is 0 Å². The van der Waals surface area contributed by atoms with Crippen LogP contribution < -0.4 is 5.73 Å². The molecule has 0 aromatic carbocycles. The van der Waals surface area contributed by atoms with E-state index in [-0.39, 0.29) is 11.2 Å². The Morgan fingerprint density at radius 3 is 2.67 bits per heavy atom. The summed E-state index contributed by atoms with van der Waals surface area (Å²) in [5, 5.41) is 2.43. The Hall–Kier alpha value is -0.380. The van der Waals surface area contributed by atoms with E-state index >= 15 is 0 Å². The van der Waals surface area contributed by atoms with E-state index < -0.39 is 0 Å². The first-order valence-electron chi connectivity index (χ1n) is 5.17. The molecule has 0 saturated heterocycles. The van der Waals surface area contributed by atoms with E-state index in [1.54, 1.807) is 6.07 Å². The molecular weight excluding hydrogens is 230 g/mol. The van der Waals surface area contributed by atoms with Crippen LogP contribution in [0.2, 0.25) is 5.02 Å². The van der Waals surface area contributed by atoms with Crippen LogP contribution in [0, 0.1) is 5.41 Å². The van der Waals surface area contributed by atoms with E-state index in [0.29, 0.717) is 16.4 Å². The lowest BCUT2D eigenvalue weighted by Crippen LogP contribution is -2.35. The molecule has 82 valence electrons. The number of halogens is 1. The number of hydrogen-bond acceptors (Lipinski definition) is 3. The molecule has 15 heavy (non-hydrogen) atoms. The first-order valence-corrected chi connectivity index (χ1v) is 6.43. The molecule has 1 aromatic rings. The Morgan fingerprint density at radius 2 is 2.20 bits per heavy atom. The molecule has 1 aliphatic carbocycles. The van der Waals surface area contributed by atoms with E-state index in [1.807, 2.05) is 5.38 Å². The Kier molecular flexibility index (Phi) is 3.14. The maximum atomic E-state index is 12.3. The summed E-state index contributed by atoms with van der Waals surface area (Å²) in [5.74, 6) is 0.155. The predicted molar refractivity (Wildman–Crippen MR) is 63.6 cm³/mol. The SMILES string of the molecule is NCC1(C(=O)c2sccc2Cl)CCCC1. The number of carbonyl (C=O) groups excluding carboxylic acids is 1. The highest BCUT2D eigenvalue weighted by atomic mass is 35.5. The second-order valence-electron chi connectivity index (χ2n) is 4.12. The zero-order valence-electron chi connectivity index (χ0n) is 8.46.